The average Bonchev–Trinajstić information content (AvgIpc) is 2.92. The second-order valence-corrected chi connectivity index (χ2v) is 9.82. The van der Waals surface area contributed by atoms with E-state index in [2.05, 4.69) is 5.32 Å². The molecule has 4 rings (SSSR count). The van der Waals surface area contributed by atoms with Gasteiger partial charge in [0.2, 0.25) is 5.91 Å². The number of ether oxygens (including phenoxy) is 1. The first-order chi connectivity index (χ1) is 18.0. The number of hydrogen-bond donors (Lipinski definition) is 1. The number of carbonyl (C=O) groups excluding carboxylic acids is 2. The Morgan fingerprint density at radius 2 is 1.59 bits per heavy atom. The van der Waals surface area contributed by atoms with Crippen LogP contribution < -0.4 is 10.1 Å². The summed E-state index contributed by atoms with van der Waals surface area (Å²) in [5.74, 6) is -0.516. The third-order valence-corrected chi connectivity index (χ3v) is 6.99. The highest BCUT2D eigenvalue weighted by atomic mass is 35.5. The number of rotatable bonds is 10. The second-order valence-electron chi connectivity index (χ2n) is 9.42. The Hall–Kier alpha value is -3.38. The van der Waals surface area contributed by atoms with E-state index in [0.29, 0.717) is 17.2 Å². The summed E-state index contributed by atoms with van der Waals surface area (Å²) >= 11 is 6.21. The van der Waals surface area contributed by atoms with Gasteiger partial charge in [-0.05, 0) is 48.2 Å². The molecule has 2 amide bonds. The topological polar surface area (TPSA) is 58.6 Å². The Morgan fingerprint density at radius 3 is 2.30 bits per heavy atom. The van der Waals surface area contributed by atoms with E-state index < -0.39 is 6.04 Å². The van der Waals surface area contributed by atoms with E-state index in [1.807, 2.05) is 30.3 Å². The molecular weight excluding hydrogens is 491 g/mol. The van der Waals surface area contributed by atoms with Gasteiger partial charge in [-0.2, -0.15) is 0 Å². The van der Waals surface area contributed by atoms with Crippen molar-refractivity contribution in [1.82, 2.24) is 10.2 Å². The van der Waals surface area contributed by atoms with Crippen LogP contribution in [0.1, 0.15) is 43.2 Å². The van der Waals surface area contributed by atoms with Crippen LogP contribution in [0.4, 0.5) is 4.39 Å². The molecule has 194 valence electrons. The maximum atomic E-state index is 13.7. The predicted molar refractivity (Wildman–Crippen MR) is 143 cm³/mol. The molecule has 0 radical (unpaired) electrons. The van der Waals surface area contributed by atoms with E-state index in [1.54, 1.807) is 36.4 Å². The first kappa shape index (κ1) is 26.7. The van der Waals surface area contributed by atoms with E-state index in [4.69, 9.17) is 16.3 Å². The quantitative estimate of drug-likeness (QED) is 0.358. The molecule has 1 saturated carbocycles. The highest BCUT2D eigenvalue weighted by Crippen LogP contribution is 2.24. The van der Waals surface area contributed by atoms with Crippen LogP contribution in [0.15, 0.2) is 78.9 Å². The van der Waals surface area contributed by atoms with Crippen molar-refractivity contribution in [2.24, 2.45) is 0 Å². The normalized spacial score (nSPS) is 14.5. The van der Waals surface area contributed by atoms with Crippen LogP contribution in [0.2, 0.25) is 5.02 Å². The first-order valence-corrected chi connectivity index (χ1v) is 13.1. The molecule has 1 N–H and O–H groups in total. The van der Waals surface area contributed by atoms with Crippen LogP contribution in [-0.2, 0) is 22.6 Å². The second kappa shape index (κ2) is 13.2. The van der Waals surface area contributed by atoms with Gasteiger partial charge in [-0.15, -0.1) is 0 Å². The molecule has 7 heteroatoms. The Kier molecular flexibility index (Phi) is 9.55. The minimum Gasteiger partial charge on any atom is -0.482 e. The Morgan fingerprint density at radius 1 is 0.919 bits per heavy atom. The summed E-state index contributed by atoms with van der Waals surface area (Å²) in [7, 11) is 0. The zero-order valence-corrected chi connectivity index (χ0v) is 21.5. The number of benzene rings is 3. The van der Waals surface area contributed by atoms with Crippen LogP contribution in [0, 0.1) is 5.82 Å². The lowest BCUT2D eigenvalue weighted by atomic mass is 9.94. The van der Waals surface area contributed by atoms with Crippen molar-refractivity contribution in [3.05, 3.63) is 101 Å². The van der Waals surface area contributed by atoms with Crippen molar-refractivity contribution in [3.8, 4) is 5.75 Å². The molecule has 0 heterocycles. The predicted octanol–water partition coefficient (Wildman–Crippen LogP) is 5.95. The van der Waals surface area contributed by atoms with Crippen molar-refractivity contribution in [2.45, 2.75) is 57.2 Å². The summed E-state index contributed by atoms with van der Waals surface area (Å²) in [4.78, 5) is 28.9. The number of hydrogen-bond acceptors (Lipinski definition) is 3. The molecule has 0 bridgehead atoms. The highest BCUT2D eigenvalue weighted by molar-refractivity contribution is 6.32. The van der Waals surface area contributed by atoms with E-state index >= 15 is 0 Å². The van der Waals surface area contributed by atoms with Crippen molar-refractivity contribution in [3.63, 3.8) is 0 Å². The first-order valence-electron chi connectivity index (χ1n) is 12.7. The molecule has 0 aliphatic heterocycles. The summed E-state index contributed by atoms with van der Waals surface area (Å²) in [6, 6.07) is 21.9. The van der Waals surface area contributed by atoms with Crippen molar-refractivity contribution < 1.29 is 18.7 Å². The fraction of sp³-hybridized carbons (Fsp3) is 0.333. The molecule has 1 aliphatic rings. The fourth-order valence-electron chi connectivity index (χ4n) is 4.67. The molecule has 0 saturated heterocycles. The average molecular weight is 523 g/mol. The third-order valence-electron chi connectivity index (χ3n) is 6.68. The molecule has 37 heavy (non-hydrogen) atoms. The molecule has 5 nitrogen and oxygen atoms in total. The number of halogens is 2. The zero-order chi connectivity index (χ0) is 26.0. The van der Waals surface area contributed by atoms with Gasteiger partial charge in [0.05, 0.1) is 5.02 Å². The number of nitrogens with one attached hydrogen (secondary N) is 1. The van der Waals surface area contributed by atoms with E-state index in [0.717, 1.165) is 36.8 Å². The SMILES string of the molecule is O=C(NC1CCCCC1)[C@@H](Cc1ccccc1)N(Cc1ccc(F)cc1)C(=O)COc1ccccc1Cl. The molecule has 0 unspecified atom stereocenters. The lowest BCUT2D eigenvalue weighted by molar-refractivity contribution is -0.143. The van der Waals surface area contributed by atoms with Crippen LogP contribution in [0.5, 0.6) is 5.75 Å². The Balaban J connectivity index is 1.61. The van der Waals surface area contributed by atoms with E-state index in [-0.39, 0.29) is 36.8 Å². The molecule has 1 aliphatic carbocycles. The summed E-state index contributed by atoms with van der Waals surface area (Å²) in [5.41, 5.74) is 1.66. The van der Waals surface area contributed by atoms with E-state index in [1.165, 1.54) is 23.5 Å². The number of amides is 2. The maximum absolute atomic E-state index is 13.7. The summed E-state index contributed by atoms with van der Waals surface area (Å²) in [6.45, 7) is -0.145. The Labute approximate surface area is 222 Å². The summed E-state index contributed by atoms with van der Waals surface area (Å²) < 4.78 is 19.3. The van der Waals surface area contributed by atoms with Gasteiger partial charge in [0.25, 0.3) is 5.91 Å². The monoisotopic (exact) mass is 522 g/mol. The van der Waals surface area contributed by atoms with Gasteiger partial charge in [-0.3, -0.25) is 9.59 Å². The zero-order valence-electron chi connectivity index (χ0n) is 20.7. The molecule has 0 spiro atoms. The minimum absolute atomic E-state index is 0.0988. The maximum Gasteiger partial charge on any atom is 0.261 e. The van der Waals surface area contributed by atoms with Gasteiger partial charge in [-0.25, -0.2) is 4.39 Å². The van der Waals surface area contributed by atoms with Crippen molar-refractivity contribution in [2.75, 3.05) is 6.61 Å². The van der Waals surface area contributed by atoms with Crippen LogP contribution in [0.25, 0.3) is 0 Å². The van der Waals surface area contributed by atoms with Gasteiger partial charge in [0.15, 0.2) is 6.61 Å². The van der Waals surface area contributed by atoms with Crippen molar-refractivity contribution >= 4 is 23.4 Å². The van der Waals surface area contributed by atoms with Gasteiger partial charge >= 0.3 is 0 Å². The largest absolute Gasteiger partial charge is 0.482 e. The number of carbonyl (C=O) groups is 2. The standard InChI is InChI=1S/C30H32ClFN2O3/c31-26-13-7-8-14-28(26)37-21-29(35)34(20-23-15-17-24(32)18-16-23)27(19-22-9-3-1-4-10-22)30(36)33-25-11-5-2-6-12-25/h1,3-4,7-10,13-18,25,27H,2,5-6,11-12,19-21H2,(H,33,36)/t27-/m1/s1. The van der Waals surface area contributed by atoms with Gasteiger partial charge in [-0.1, -0.05) is 85.5 Å². The third kappa shape index (κ3) is 7.80. The van der Waals surface area contributed by atoms with Crippen LogP contribution in [0.3, 0.4) is 0 Å². The van der Waals surface area contributed by atoms with Gasteiger partial charge in [0.1, 0.15) is 17.6 Å². The molecule has 1 fully saturated rings. The molecule has 0 aromatic heterocycles. The van der Waals surface area contributed by atoms with Crippen LogP contribution >= 0.6 is 11.6 Å². The van der Waals surface area contributed by atoms with Crippen molar-refractivity contribution in [1.29, 1.82) is 0 Å². The lowest BCUT2D eigenvalue weighted by Gasteiger charge is -2.33. The summed E-state index contributed by atoms with van der Waals surface area (Å²) in [5, 5.41) is 3.60. The minimum atomic E-state index is -0.767. The van der Waals surface area contributed by atoms with Crippen LogP contribution in [-0.4, -0.2) is 35.4 Å². The lowest BCUT2D eigenvalue weighted by Crippen LogP contribution is -2.53. The van der Waals surface area contributed by atoms with Gasteiger partial charge < -0.3 is 15.0 Å². The van der Waals surface area contributed by atoms with E-state index in [9.17, 15) is 14.0 Å². The fourth-order valence-corrected chi connectivity index (χ4v) is 4.86. The smallest absolute Gasteiger partial charge is 0.261 e. The summed E-state index contributed by atoms with van der Waals surface area (Å²) in [6.07, 6.45) is 5.56. The molecule has 3 aromatic carbocycles. The Bertz CT molecular complexity index is 1170. The molecular formula is C30H32ClFN2O3. The number of nitrogens with zero attached hydrogens (tertiary/aromatic N) is 1. The highest BCUT2D eigenvalue weighted by Gasteiger charge is 2.32. The molecule has 1 atom stereocenters. The van der Waals surface area contributed by atoms with Gasteiger partial charge in [0, 0.05) is 19.0 Å². The number of para-hydroxylation sites is 1. The molecule has 3 aromatic rings.